The molecule has 0 aliphatic carbocycles. The standard InChI is InChI=1S/C16H12Cl6O5/c1-24-11-5-4-9(8-3-2-7(23)6-10(8)11)12-25-13(15(17,18)19)27-14(26-12)16(20,21)22/h2-6,12-14,23H,1H3. The monoisotopic (exact) mass is 494 g/mol. The van der Waals surface area contributed by atoms with Crippen molar-refractivity contribution in [3.05, 3.63) is 35.9 Å². The molecule has 1 saturated heterocycles. The second-order valence-electron chi connectivity index (χ2n) is 5.57. The Labute approximate surface area is 184 Å². The van der Waals surface area contributed by atoms with Crippen LogP contribution in [0.4, 0.5) is 0 Å². The van der Waals surface area contributed by atoms with Gasteiger partial charge in [-0.3, -0.25) is 0 Å². The zero-order valence-electron chi connectivity index (χ0n) is 13.5. The average Bonchev–Trinajstić information content (AvgIpc) is 2.58. The maximum atomic E-state index is 9.81. The second kappa shape index (κ2) is 7.98. The Morgan fingerprint density at radius 3 is 1.96 bits per heavy atom. The van der Waals surface area contributed by atoms with Gasteiger partial charge in [0, 0.05) is 10.9 Å². The minimum absolute atomic E-state index is 0.0603. The molecule has 0 radical (unpaired) electrons. The first kappa shape index (κ1) is 21.6. The molecule has 1 aliphatic heterocycles. The summed E-state index contributed by atoms with van der Waals surface area (Å²) in [5, 5.41) is 11.1. The number of halogens is 6. The van der Waals surface area contributed by atoms with Crippen molar-refractivity contribution in [3.63, 3.8) is 0 Å². The third-order valence-electron chi connectivity index (χ3n) is 3.74. The molecule has 0 bridgehead atoms. The average molecular weight is 497 g/mol. The minimum atomic E-state index is -1.96. The number of rotatable bonds is 2. The van der Waals surface area contributed by atoms with E-state index < -0.39 is 26.5 Å². The molecule has 0 saturated carbocycles. The van der Waals surface area contributed by atoms with Crippen LogP contribution in [0.3, 0.4) is 0 Å². The van der Waals surface area contributed by atoms with Crippen molar-refractivity contribution >= 4 is 80.4 Å². The molecule has 0 aromatic heterocycles. The van der Waals surface area contributed by atoms with Crippen LogP contribution in [-0.4, -0.2) is 32.4 Å². The van der Waals surface area contributed by atoms with Gasteiger partial charge < -0.3 is 24.1 Å². The number of benzene rings is 2. The van der Waals surface area contributed by atoms with Crippen LogP contribution in [0.5, 0.6) is 11.5 Å². The van der Waals surface area contributed by atoms with Crippen LogP contribution in [0.25, 0.3) is 10.8 Å². The fourth-order valence-electron chi connectivity index (χ4n) is 2.60. The van der Waals surface area contributed by atoms with E-state index in [-0.39, 0.29) is 5.75 Å². The summed E-state index contributed by atoms with van der Waals surface area (Å²) in [7, 11) is 1.51. The molecule has 1 N–H and O–H groups in total. The van der Waals surface area contributed by atoms with Crippen molar-refractivity contribution in [2.24, 2.45) is 0 Å². The highest BCUT2D eigenvalue weighted by Gasteiger charge is 2.49. The summed E-state index contributed by atoms with van der Waals surface area (Å²) in [5.41, 5.74) is 0.535. The minimum Gasteiger partial charge on any atom is -0.508 e. The fraction of sp³-hybridized carbons (Fsp3) is 0.375. The van der Waals surface area contributed by atoms with Crippen molar-refractivity contribution < 1.29 is 24.1 Å². The lowest BCUT2D eigenvalue weighted by Gasteiger charge is -2.40. The molecule has 2 atom stereocenters. The van der Waals surface area contributed by atoms with Crippen LogP contribution in [-0.2, 0) is 14.2 Å². The molecule has 2 aromatic carbocycles. The van der Waals surface area contributed by atoms with Crippen LogP contribution in [0.1, 0.15) is 11.9 Å². The molecule has 1 fully saturated rings. The molecule has 27 heavy (non-hydrogen) atoms. The number of hydrogen-bond acceptors (Lipinski definition) is 5. The summed E-state index contributed by atoms with van der Waals surface area (Å²) in [6, 6.07) is 8.08. The summed E-state index contributed by atoms with van der Waals surface area (Å²) in [5.74, 6) is 0.595. The zero-order chi connectivity index (χ0) is 20.0. The Bertz CT molecular complexity index is 812. The van der Waals surface area contributed by atoms with Gasteiger partial charge in [-0.25, -0.2) is 0 Å². The number of aromatic hydroxyl groups is 1. The van der Waals surface area contributed by atoms with E-state index in [1.807, 2.05) is 0 Å². The van der Waals surface area contributed by atoms with Crippen molar-refractivity contribution in [2.45, 2.75) is 26.5 Å². The predicted molar refractivity (Wildman–Crippen MR) is 106 cm³/mol. The SMILES string of the molecule is COc1ccc(C2OC(C(Cl)(Cl)Cl)OC(C(Cl)(Cl)Cl)O2)c2ccc(O)cc12. The van der Waals surface area contributed by atoms with Crippen molar-refractivity contribution in [1.29, 1.82) is 0 Å². The molecule has 3 rings (SSSR count). The number of methoxy groups -OCH3 is 1. The number of hydrogen-bond donors (Lipinski definition) is 1. The number of alkyl halides is 6. The number of ether oxygens (including phenoxy) is 4. The number of phenolic OH excluding ortho intramolecular Hbond substituents is 1. The molecule has 148 valence electrons. The molecule has 0 amide bonds. The van der Waals surface area contributed by atoms with Crippen molar-refractivity contribution in [1.82, 2.24) is 0 Å². The van der Waals surface area contributed by atoms with Gasteiger partial charge in [-0.1, -0.05) is 75.7 Å². The van der Waals surface area contributed by atoms with Crippen molar-refractivity contribution in [2.75, 3.05) is 7.11 Å². The first-order valence-corrected chi connectivity index (χ1v) is 9.67. The van der Waals surface area contributed by atoms with Crippen molar-refractivity contribution in [3.8, 4) is 11.5 Å². The van der Waals surface area contributed by atoms with E-state index in [1.165, 1.54) is 19.2 Å². The molecule has 11 heteroatoms. The highest BCUT2D eigenvalue weighted by atomic mass is 35.6. The van der Waals surface area contributed by atoms with E-state index in [0.29, 0.717) is 22.1 Å². The Morgan fingerprint density at radius 2 is 1.44 bits per heavy atom. The first-order valence-electron chi connectivity index (χ1n) is 7.40. The third kappa shape index (κ3) is 4.74. The van der Waals surface area contributed by atoms with E-state index in [4.69, 9.17) is 88.6 Å². The van der Waals surface area contributed by atoms with Crippen LogP contribution in [0.15, 0.2) is 30.3 Å². The lowest BCUT2D eigenvalue weighted by atomic mass is 10.0. The molecule has 5 nitrogen and oxygen atoms in total. The molecule has 2 aromatic rings. The predicted octanol–water partition coefficient (Wildman–Crippen LogP) is 6.01. The lowest BCUT2D eigenvalue weighted by molar-refractivity contribution is -0.384. The molecular formula is C16H12Cl6O5. The van der Waals surface area contributed by atoms with E-state index in [9.17, 15) is 5.11 Å². The topological polar surface area (TPSA) is 57.2 Å². The van der Waals surface area contributed by atoms with Gasteiger partial charge in [-0.15, -0.1) is 0 Å². The highest BCUT2D eigenvalue weighted by molar-refractivity contribution is 6.68. The van der Waals surface area contributed by atoms with Gasteiger partial charge in [0.05, 0.1) is 7.11 Å². The van der Waals surface area contributed by atoms with Gasteiger partial charge in [-0.05, 0) is 29.7 Å². The smallest absolute Gasteiger partial charge is 0.241 e. The highest BCUT2D eigenvalue weighted by Crippen LogP contribution is 2.47. The molecule has 2 unspecified atom stereocenters. The Balaban J connectivity index is 2.08. The van der Waals surface area contributed by atoms with E-state index >= 15 is 0 Å². The Hall–Kier alpha value is -0.0800. The molecule has 0 spiro atoms. The van der Waals surface area contributed by atoms with E-state index in [0.717, 1.165) is 0 Å². The quantitative estimate of drug-likeness (QED) is 0.516. The summed E-state index contributed by atoms with van der Waals surface area (Å²) < 4.78 is 18.1. The fourth-order valence-corrected chi connectivity index (χ4v) is 3.22. The van der Waals surface area contributed by atoms with E-state index in [2.05, 4.69) is 0 Å². The Kier molecular flexibility index (Phi) is 6.39. The van der Waals surface area contributed by atoms with Crippen LogP contribution in [0.2, 0.25) is 0 Å². The molecule has 1 heterocycles. The van der Waals surface area contributed by atoms with Gasteiger partial charge in [-0.2, -0.15) is 0 Å². The van der Waals surface area contributed by atoms with E-state index in [1.54, 1.807) is 18.2 Å². The number of fused-ring (bicyclic) bond motifs is 1. The molecular weight excluding hydrogens is 485 g/mol. The summed E-state index contributed by atoms with van der Waals surface area (Å²) >= 11 is 35.5. The summed E-state index contributed by atoms with van der Waals surface area (Å²) in [4.78, 5) is 0. The molecule has 1 aliphatic rings. The largest absolute Gasteiger partial charge is 0.508 e. The lowest BCUT2D eigenvalue weighted by Crippen LogP contribution is -2.48. The maximum absolute atomic E-state index is 9.81. The third-order valence-corrected chi connectivity index (χ3v) is 4.81. The first-order chi connectivity index (χ1) is 12.5. The van der Waals surface area contributed by atoms with Crippen LogP contribution < -0.4 is 4.74 Å². The normalized spacial score (nSPS) is 24.2. The second-order valence-corrected chi connectivity index (χ2v) is 10.3. The number of phenols is 1. The van der Waals surface area contributed by atoms with Crippen LogP contribution in [0, 0.1) is 0 Å². The van der Waals surface area contributed by atoms with Gasteiger partial charge in [0.1, 0.15) is 11.5 Å². The van der Waals surface area contributed by atoms with Gasteiger partial charge in [0.25, 0.3) is 0 Å². The maximum Gasteiger partial charge on any atom is 0.241 e. The summed E-state index contributed by atoms with van der Waals surface area (Å²) in [6.07, 6.45) is -3.81. The van der Waals surface area contributed by atoms with Crippen LogP contribution >= 0.6 is 69.6 Å². The van der Waals surface area contributed by atoms with Gasteiger partial charge in [0.2, 0.25) is 20.2 Å². The summed E-state index contributed by atoms with van der Waals surface area (Å²) in [6.45, 7) is 0. The zero-order valence-corrected chi connectivity index (χ0v) is 18.0. The Morgan fingerprint density at radius 1 is 0.852 bits per heavy atom. The van der Waals surface area contributed by atoms with Gasteiger partial charge >= 0.3 is 0 Å². The van der Waals surface area contributed by atoms with Gasteiger partial charge in [0.15, 0.2) is 6.29 Å².